The Labute approximate surface area is 90.1 Å². The maximum Gasteiger partial charge on any atom is 0.135 e. The summed E-state index contributed by atoms with van der Waals surface area (Å²) in [6, 6.07) is 7.34. The predicted octanol–water partition coefficient (Wildman–Crippen LogP) is 0.692. The van der Waals surface area contributed by atoms with Gasteiger partial charge in [-0.25, -0.2) is 0 Å². The highest BCUT2D eigenvalue weighted by molar-refractivity contribution is 6.30. The summed E-state index contributed by atoms with van der Waals surface area (Å²) >= 11 is 5.78. The Morgan fingerprint density at radius 3 is 2.21 bits per heavy atom. The van der Waals surface area contributed by atoms with Gasteiger partial charge in [0, 0.05) is 5.02 Å². The van der Waals surface area contributed by atoms with E-state index in [9.17, 15) is 5.11 Å². The average Bonchev–Trinajstić information content (AvgIpc) is 2.02. The molecule has 0 aliphatic carbocycles. The molecular formula is C11H17ClNO+. The number of rotatable bonds is 3. The van der Waals surface area contributed by atoms with Gasteiger partial charge in [-0.15, -0.1) is 0 Å². The normalized spacial score (nSPS) is 15.6. The van der Waals surface area contributed by atoms with Crippen molar-refractivity contribution in [2.24, 2.45) is 0 Å². The molecule has 78 valence electrons. The molecule has 0 bridgehead atoms. The lowest BCUT2D eigenvalue weighted by atomic mass is 9.96. The summed E-state index contributed by atoms with van der Waals surface area (Å²) in [5, 5.41) is 10.9. The Hall–Kier alpha value is -0.570. The second kappa shape index (κ2) is 4.30. The highest BCUT2D eigenvalue weighted by Crippen LogP contribution is 2.20. The first-order valence-corrected chi connectivity index (χ1v) is 5.07. The Morgan fingerprint density at radius 2 is 1.79 bits per heavy atom. The molecule has 0 heterocycles. The second-order valence-corrected chi connectivity index (χ2v) is 4.60. The SMILES string of the molecule is C[NH+](C)CC(C)(O)c1ccc(Cl)cc1. The van der Waals surface area contributed by atoms with Crippen LogP contribution in [0.4, 0.5) is 0 Å². The Morgan fingerprint density at radius 1 is 1.29 bits per heavy atom. The first-order chi connectivity index (χ1) is 6.42. The molecule has 0 aliphatic heterocycles. The molecule has 0 aromatic heterocycles. The third kappa shape index (κ3) is 2.98. The van der Waals surface area contributed by atoms with Gasteiger partial charge in [-0.2, -0.15) is 0 Å². The third-order valence-corrected chi connectivity index (χ3v) is 2.42. The van der Waals surface area contributed by atoms with Crippen LogP contribution in [-0.4, -0.2) is 25.7 Å². The molecule has 3 heteroatoms. The van der Waals surface area contributed by atoms with Crippen molar-refractivity contribution < 1.29 is 10.0 Å². The van der Waals surface area contributed by atoms with Crippen LogP contribution in [0.15, 0.2) is 24.3 Å². The summed E-state index contributed by atoms with van der Waals surface area (Å²) in [7, 11) is 4.04. The number of nitrogens with one attached hydrogen (secondary N) is 1. The number of hydrogen-bond donors (Lipinski definition) is 2. The molecule has 0 amide bonds. The fraction of sp³-hybridized carbons (Fsp3) is 0.455. The fourth-order valence-electron chi connectivity index (χ4n) is 1.60. The Kier molecular flexibility index (Phi) is 3.53. The minimum absolute atomic E-state index is 0.675. The first-order valence-electron chi connectivity index (χ1n) is 4.69. The summed E-state index contributed by atoms with van der Waals surface area (Å²) in [4.78, 5) is 1.21. The standard InChI is InChI=1S/C11H16ClNO/c1-11(14,8-13(2)3)9-4-6-10(12)7-5-9/h4-7,14H,8H2,1-3H3/p+1. The van der Waals surface area contributed by atoms with Gasteiger partial charge in [0.15, 0.2) is 0 Å². The van der Waals surface area contributed by atoms with Crippen molar-refractivity contribution in [3.63, 3.8) is 0 Å². The van der Waals surface area contributed by atoms with Crippen molar-refractivity contribution in [3.8, 4) is 0 Å². The van der Waals surface area contributed by atoms with E-state index in [1.54, 1.807) is 12.1 Å². The molecule has 1 atom stereocenters. The Bertz CT molecular complexity index is 293. The van der Waals surface area contributed by atoms with E-state index in [0.29, 0.717) is 11.6 Å². The maximum absolute atomic E-state index is 10.2. The molecule has 1 aromatic rings. The van der Waals surface area contributed by atoms with Gasteiger partial charge in [-0.1, -0.05) is 23.7 Å². The molecule has 0 radical (unpaired) electrons. The van der Waals surface area contributed by atoms with E-state index >= 15 is 0 Å². The molecule has 0 aliphatic rings. The van der Waals surface area contributed by atoms with Gasteiger partial charge in [0.05, 0.1) is 14.1 Å². The fourth-order valence-corrected chi connectivity index (χ4v) is 1.73. The first kappa shape index (κ1) is 11.5. The number of halogens is 1. The molecule has 2 N–H and O–H groups in total. The van der Waals surface area contributed by atoms with Crippen LogP contribution in [0, 0.1) is 0 Å². The molecule has 14 heavy (non-hydrogen) atoms. The molecule has 2 nitrogen and oxygen atoms in total. The van der Waals surface area contributed by atoms with Crippen molar-refractivity contribution in [3.05, 3.63) is 34.9 Å². The van der Waals surface area contributed by atoms with E-state index in [0.717, 1.165) is 5.56 Å². The number of quaternary nitrogens is 1. The highest BCUT2D eigenvalue weighted by atomic mass is 35.5. The van der Waals surface area contributed by atoms with E-state index in [1.165, 1.54) is 4.90 Å². The minimum Gasteiger partial charge on any atom is -0.380 e. The van der Waals surface area contributed by atoms with Crippen LogP contribution in [0.25, 0.3) is 0 Å². The van der Waals surface area contributed by atoms with Crippen molar-refractivity contribution >= 4 is 11.6 Å². The number of benzene rings is 1. The lowest BCUT2D eigenvalue weighted by molar-refractivity contribution is -0.866. The second-order valence-electron chi connectivity index (χ2n) is 4.16. The maximum atomic E-state index is 10.2. The largest absolute Gasteiger partial charge is 0.380 e. The topological polar surface area (TPSA) is 24.7 Å². The van der Waals surface area contributed by atoms with Gasteiger partial charge in [0.1, 0.15) is 12.1 Å². The molecule has 0 spiro atoms. The number of aliphatic hydroxyl groups is 1. The third-order valence-electron chi connectivity index (χ3n) is 2.16. The van der Waals surface area contributed by atoms with E-state index in [-0.39, 0.29) is 0 Å². The van der Waals surface area contributed by atoms with Gasteiger partial charge in [0.25, 0.3) is 0 Å². The van der Waals surface area contributed by atoms with Crippen LogP contribution >= 0.6 is 11.6 Å². The molecule has 1 aromatic carbocycles. The van der Waals surface area contributed by atoms with Gasteiger partial charge >= 0.3 is 0 Å². The zero-order valence-corrected chi connectivity index (χ0v) is 9.60. The Balaban J connectivity index is 2.86. The quantitative estimate of drug-likeness (QED) is 0.761. The lowest BCUT2D eigenvalue weighted by Crippen LogP contribution is -3.07. The van der Waals surface area contributed by atoms with Crippen molar-refractivity contribution in [2.75, 3.05) is 20.6 Å². The summed E-state index contributed by atoms with van der Waals surface area (Å²) in [6.07, 6.45) is 0. The van der Waals surface area contributed by atoms with Gasteiger partial charge < -0.3 is 10.0 Å². The molecule has 0 saturated heterocycles. The monoisotopic (exact) mass is 214 g/mol. The summed E-state index contributed by atoms with van der Waals surface area (Å²) < 4.78 is 0. The zero-order chi connectivity index (χ0) is 10.8. The van der Waals surface area contributed by atoms with Crippen molar-refractivity contribution in [2.45, 2.75) is 12.5 Å². The smallest absolute Gasteiger partial charge is 0.135 e. The van der Waals surface area contributed by atoms with Crippen LogP contribution in [0.2, 0.25) is 5.02 Å². The van der Waals surface area contributed by atoms with E-state index < -0.39 is 5.60 Å². The van der Waals surface area contributed by atoms with Gasteiger partial charge in [0.2, 0.25) is 0 Å². The van der Waals surface area contributed by atoms with Gasteiger partial charge in [-0.05, 0) is 24.6 Å². The average molecular weight is 215 g/mol. The van der Waals surface area contributed by atoms with Crippen molar-refractivity contribution in [1.82, 2.24) is 0 Å². The molecular weight excluding hydrogens is 198 g/mol. The summed E-state index contributed by atoms with van der Waals surface area (Å²) in [5.74, 6) is 0. The van der Waals surface area contributed by atoms with Crippen LogP contribution < -0.4 is 4.90 Å². The van der Waals surface area contributed by atoms with Gasteiger partial charge in [-0.3, -0.25) is 0 Å². The predicted molar refractivity (Wildman–Crippen MR) is 58.7 cm³/mol. The minimum atomic E-state index is -0.788. The number of hydrogen-bond acceptors (Lipinski definition) is 1. The zero-order valence-electron chi connectivity index (χ0n) is 8.84. The van der Waals surface area contributed by atoms with E-state index in [4.69, 9.17) is 11.6 Å². The molecule has 1 unspecified atom stereocenters. The number of likely N-dealkylation sites (N-methyl/N-ethyl adjacent to an activating group) is 1. The van der Waals surface area contributed by atoms with E-state index in [2.05, 4.69) is 0 Å². The van der Waals surface area contributed by atoms with Crippen LogP contribution in [0.5, 0.6) is 0 Å². The van der Waals surface area contributed by atoms with Crippen molar-refractivity contribution in [1.29, 1.82) is 0 Å². The van der Waals surface area contributed by atoms with Crippen LogP contribution in [-0.2, 0) is 5.60 Å². The van der Waals surface area contributed by atoms with E-state index in [1.807, 2.05) is 33.2 Å². The molecule has 1 rings (SSSR count). The van der Waals surface area contributed by atoms with Crippen LogP contribution in [0.3, 0.4) is 0 Å². The summed E-state index contributed by atoms with van der Waals surface area (Å²) in [5.41, 5.74) is 0.117. The summed E-state index contributed by atoms with van der Waals surface area (Å²) in [6.45, 7) is 2.50. The molecule has 0 fully saturated rings. The molecule has 0 saturated carbocycles. The van der Waals surface area contributed by atoms with Crippen LogP contribution in [0.1, 0.15) is 12.5 Å². The highest BCUT2D eigenvalue weighted by Gasteiger charge is 2.26. The lowest BCUT2D eigenvalue weighted by Gasteiger charge is -2.24.